The van der Waals surface area contributed by atoms with Gasteiger partial charge in [-0.25, -0.2) is 0 Å². The lowest BCUT2D eigenvalue weighted by Gasteiger charge is -2.38. The molecule has 0 aliphatic heterocycles. The number of nitrogens with zero attached hydrogens (tertiary/aromatic N) is 1. The van der Waals surface area contributed by atoms with Crippen LogP contribution in [0.1, 0.15) is 77.7 Å². The van der Waals surface area contributed by atoms with Gasteiger partial charge in [0.2, 0.25) is 0 Å². The molecule has 3 N–H and O–H groups in total. The van der Waals surface area contributed by atoms with E-state index in [1.165, 1.54) is 43.4 Å². The number of carbonyl (C=O) groups is 1. The Hall–Kier alpha value is -1.55. The molecule has 1 unspecified atom stereocenters. The Labute approximate surface area is 160 Å². The van der Waals surface area contributed by atoms with Crippen molar-refractivity contribution in [3.8, 4) is 0 Å². The summed E-state index contributed by atoms with van der Waals surface area (Å²) in [5, 5.41) is 7.00. The number of anilines is 2. The smallest absolute Gasteiger partial charge is 0.106 e. The number of benzene rings is 1. The van der Waals surface area contributed by atoms with Gasteiger partial charge >= 0.3 is 0 Å². The number of nitrogens with two attached hydrogens (primary N) is 1. The Morgan fingerprint density at radius 3 is 2.19 bits per heavy atom. The lowest BCUT2D eigenvalue weighted by molar-refractivity contribution is -0.0979. The predicted octanol–water partition coefficient (Wildman–Crippen LogP) is 5.00. The number of hydrogen-bond acceptors (Lipinski definition) is 4. The second-order valence-electron chi connectivity index (χ2n) is 7.47. The quantitative estimate of drug-likeness (QED) is 0.697. The lowest BCUT2D eigenvalue weighted by atomic mass is 9.92. The second-order valence-corrected chi connectivity index (χ2v) is 7.47. The number of hydrogen-bond donors (Lipinski definition) is 2. The third-order valence-corrected chi connectivity index (χ3v) is 5.12. The van der Waals surface area contributed by atoms with Gasteiger partial charge < -0.3 is 20.5 Å². The maximum absolute atomic E-state index is 8.00. The van der Waals surface area contributed by atoms with Gasteiger partial charge in [-0.3, -0.25) is 0 Å². The molecule has 1 aromatic carbocycles. The van der Waals surface area contributed by atoms with E-state index in [-0.39, 0.29) is 0 Å². The summed E-state index contributed by atoms with van der Waals surface area (Å²) in [4.78, 5) is 10.6. The van der Waals surface area contributed by atoms with Crippen molar-refractivity contribution in [2.75, 3.05) is 24.3 Å². The van der Waals surface area contributed by atoms with Crippen molar-refractivity contribution in [3.05, 3.63) is 23.8 Å². The van der Waals surface area contributed by atoms with Crippen LogP contribution in [0, 0.1) is 5.92 Å². The molecule has 26 heavy (non-hydrogen) atoms. The molecule has 2 rings (SSSR count). The van der Waals surface area contributed by atoms with Crippen molar-refractivity contribution in [1.82, 2.24) is 0 Å². The molecule has 4 nitrogen and oxygen atoms in total. The topological polar surface area (TPSA) is 66.6 Å². The molecule has 1 aliphatic rings. The summed E-state index contributed by atoms with van der Waals surface area (Å²) in [6.07, 6.45) is 7.93. The van der Waals surface area contributed by atoms with Crippen molar-refractivity contribution in [2.45, 2.75) is 78.2 Å². The van der Waals surface area contributed by atoms with E-state index in [4.69, 9.17) is 15.6 Å². The summed E-state index contributed by atoms with van der Waals surface area (Å²) in [5.74, 6) is 1.25. The molecule has 4 heteroatoms. The number of nitrogen functional groups attached to an aromatic ring is 1. The molecule has 0 amide bonds. The summed E-state index contributed by atoms with van der Waals surface area (Å²) in [6.45, 7) is 12.2. The van der Waals surface area contributed by atoms with E-state index in [0.29, 0.717) is 17.9 Å². The van der Waals surface area contributed by atoms with Crippen molar-refractivity contribution >= 4 is 18.2 Å². The Morgan fingerprint density at radius 2 is 1.73 bits per heavy atom. The van der Waals surface area contributed by atoms with Crippen LogP contribution < -0.4 is 10.6 Å². The highest BCUT2D eigenvalue weighted by molar-refractivity contribution is 5.69. The largest absolute Gasteiger partial charge is 0.400 e. The molecule has 0 saturated heterocycles. The van der Waals surface area contributed by atoms with Crippen LogP contribution in [-0.4, -0.2) is 31.6 Å². The van der Waals surface area contributed by atoms with E-state index < -0.39 is 0 Å². The minimum absolute atomic E-state index is 0.588. The predicted molar refractivity (Wildman–Crippen MR) is 114 cm³/mol. The fraction of sp³-hybridized carbons (Fsp3) is 0.682. The first-order chi connectivity index (χ1) is 12.5. The number of aliphatic hydroxyl groups excluding tert-OH is 1. The normalized spacial score (nSPS) is 15.3. The zero-order valence-corrected chi connectivity index (χ0v) is 17.5. The molecule has 1 atom stereocenters. The fourth-order valence-electron chi connectivity index (χ4n) is 3.61. The Kier molecular flexibility index (Phi) is 12.8. The van der Waals surface area contributed by atoms with Crippen LogP contribution in [0.5, 0.6) is 0 Å². The first kappa shape index (κ1) is 24.5. The van der Waals surface area contributed by atoms with Gasteiger partial charge in [-0.1, -0.05) is 53.0 Å². The molecule has 0 spiro atoms. The molecule has 0 heterocycles. The van der Waals surface area contributed by atoms with Crippen LogP contribution in [0.15, 0.2) is 18.2 Å². The standard InChI is InChI=1S/C20H34N2.CH4O.CH2O/c1-5-16(4)17-11-12-20(19(21)13-17)22(14-15(2)3)18-9-7-6-8-10-18;2*1-2/h11-13,15-16,18H,5-10,14,21H2,1-4H3;2H,1H3;1H2. The highest BCUT2D eigenvalue weighted by Gasteiger charge is 2.23. The van der Waals surface area contributed by atoms with Gasteiger partial charge in [0.1, 0.15) is 6.79 Å². The van der Waals surface area contributed by atoms with E-state index in [9.17, 15) is 0 Å². The highest BCUT2D eigenvalue weighted by Crippen LogP contribution is 2.34. The molecule has 0 bridgehead atoms. The first-order valence-corrected chi connectivity index (χ1v) is 9.92. The number of aliphatic hydroxyl groups is 1. The minimum atomic E-state index is 0.588. The third kappa shape index (κ3) is 7.36. The molecular formula is C22H40N2O2. The lowest BCUT2D eigenvalue weighted by Crippen LogP contribution is -2.39. The van der Waals surface area contributed by atoms with E-state index in [0.717, 1.165) is 25.8 Å². The highest BCUT2D eigenvalue weighted by atomic mass is 16.2. The van der Waals surface area contributed by atoms with Gasteiger partial charge in [-0.15, -0.1) is 0 Å². The number of rotatable bonds is 6. The van der Waals surface area contributed by atoms with Gasteiger partial charge in [-0.05, 0) is 48.8 Å². The zero-order chi connectivity index (χ0) is 20.1. The van der Waals surface area contributed by atoms with Gasteiger partial charge in [-0.2, -0.15) is 0 Å². The Balaban J connectivity index is 0.00000146. The van der Waals surface area contributed by atoms with Crippen molar-refractivity contribution in [3.63, 3.8) is 0 Å². The molecule has 150 valence electrons. The van der Waals surface area contributed by atoms with Crippen LogP contribution in [0.25, 0.3) is 0 Å². The summed E-state index contributed by atoms with van der Waals surface area (Å²) < 4.78 is 0. The van der Waals surface area contributed by atoms with Crippen molar-refractivity contribution in [1.29, 1.82) is 0 Å². The third-order valence-electron chi connectivity index (χ3n) is 5.12. The van der Waals surface area contributed by atoms with Crippen LogP contribution in [0.2, 0.25) is 0 Å². The SMILES string of the molecule is C=O.CCC(C)c1ccc(N(CC(C)C)C2CCCCC2)c(N)c1.CO. The molecular weight excluding hydrogens is 324 g/mol. The molecule has 0 aromatic heterocycles. The maximum atomic E-state index is 8.00. The van der Waals surface area contributed by atoms with Crippen molar-refractivity contribution < 1.29 is 9.90 Å². The van der Waals surface area contributed by atoms with Crippen LogP contribution >= 0.6 is 0 Å². The van der Waals surface area contributed by atoms with Crippen LogP contribution in [-0.2, 0) is 4.79 Å². The molecule has 0 radical (unpaired) electrons. The van der Waals surface area contributed by atoms with Crippen LogP contribution in [0.4, 0.5) is 11.4 Å². The van der Waals surface area contributed by atoms with Gasteiger partial charge in [0.05, 0.1) is 11.4 Å². The summed E-state index contributed by atoms with van der Waals surface area (Å²) >= 11 is 0. The Morgan fingerprint density at radius 1 is 1.15 bits per heavy atom. The van der Waals surface area contributed by atoms with E-state index >= 15 is 0 Å². The second kappa shape index (κ2) is 13.6. The summed E-state index contributed by atoms with van der Waals surface area (Å²) in [6, 6.07) is 7.44. The van der Waals surface area contributed by atoms with Crippen molar-refractivity contribution in [2.24, 2.45) is 5.92 Å². The first-order valence-electron chi connectivity index (χ1n) is 9.92. The van der Waals surface area contributed by atoms with Crippen LogP contribution in [0.3, 0.4) is 0 Å². The van der Waals surface area contributed by atoms with E-state index in [1.54, 1.807) is 0 Å². The maximum Gasteiger partial charge on any atom is 0.106 e. The average Bonchev–Trinajstić information content (AvgIpc) is 2.69. The Bertz CT molecular complexity index is 485. The summed E-state index contributed by atoms with van der Waals surface area (Å²) in [5.41, 5.74) is 10.0. The van der Waals surface area contributed by atoms with E-state index in [1.807, 2.05) is 6.79 Å². The number of carbonyl (C=O) groups excluding carboxylic acids is 1. The summed E-state index contributed by atoms with van der Waals surface area (Å²) in [7, 11) is 1.00. The molecule has 1 aliphatic carbocycles. The average molecular weight is 365 g/mol. The minimum Gasteiger partial charge on any atom is -0.400 e. The molecule has 1 fully saturated rings. The molecule has 1 aromatic rings. The van der Waals surface area contributed by atoms with Gasteiger partial charge in [0, 0.05) is 19.7 Å². The monoisotopic (exact) mass is 364 g/mol. The van der Waals surface area contributed by atoms with Gasteiger partial charge in [0.15, 0.2) is 0 Å². The molecule has 1 saturated carbocycles. The van der Waals surface area contributed by atoms with Gasteiger partial charge in [0.25, 0.3) is 0 Å². The fourth-order valence-corrected chi connectivity index (χ4v) is 3.61. The zero-order valence-electron chi connectivity index (χ0n) is 17.5. The van der Waals surface area contributed by atoms with E-state index in [2.05, 4.69) is 50.8 Å².